The van der Waals surface area contributed by atoms with E-state index in [2.05, 4.69) is 0 Å². The van der Waals surface area contributed by atoms with Crippen LogP contribution < -0.4 is 0 Å². The van der Waals surface area contributed by atoms with Gasteiger partial charge in [0.25, 0.3) is 0 Å². The molecule has 0 unspecified atom stereocenters. The minimum absolute atomic E-state index is 0.296. The van der Waals surface area contributed by atoms with Crippen LogP contribution in [0.5, 0.6) is 0 Å². The van der Waals surface area contributed by atoms with E-state index in [4.69, 9.17) is 32.7 Å². The molecule has 0 aliphatic rings. The van der Waals surface area contributed by atoms with Crippen molar-refractivity contribution in [1.82, 2.24) is 0 Å². The molecule has 0 bridgehead atoms. The molecule has 94 valence electrons. The molecular formula is C12H14Cl2O3. The zero-order valence-corrected chi connectivity index (χ0v) is 11.2. The zero-order valence-electron chi connectivity index (χ0n) is 9.70. The SMILES string of the molecule is CCOC(OCC)C(=O)c1ccc(Cl)cc1Cl. The molecule has 1 aromatic carbocycles. The first-order chi connectivity index (χ1) is 8.10. The molecule has 0 radical (unpaired) electrons. The highest BCUT2D eigenvalue weighted by Gasteiger charge is 2.22. The maximum absolute atomic E-state index is 12.1. The van der Waals surface area contributed by atoms with Crippen LogP contribution in [-0.4, -0.2) is 25.3 Å². The Morgan fingerprint density at radius 1 is 1.24 bits per heavy atom. The van der Waals surface area contributed by atoms with Crippen molar-refractivity contribution in [2.24, 2.45) is 0 Å². The maximum atomic E-state index is 12.1. The van der Waals surface area contributed by atoms with Crippen LogP contribution in [0.2, 0.25) is 10.0 Å². The van der Waals surface area contributed by atoms with Gasteiger partial charge < -0.3 is 9.47 Å². The standard InChI is InChI=1S/C12H14Cl2O3/c1-3-16-12(17-4-2)11(15)9-6-5-8(13)7-10(9)14/h5-7,12H,3-4H2,1-2H3. The van der Waals surface area contributed by atoms with Crippen LogP contribution in [0, 0.1) is 0 Å². The van der Waals surface area contributed by atoms with Crippen LogP contribution in [-0.2, 0) is 9.47 Å². The Morgan fingerprint density at radius 2 is 1.82 bits per heavy atom. The average molecular weight is 277 g/mol. The summed E-state index contributed by atoms with van der Waals surface area (Å²) in [6, 6.07) is 4.69. The minimum Gasteiger partial charge on any atom is -0.346 e. The third-order valence-corrected chi connectivity index (χ3v) is 2.59. The number of ketones is 1. The van der Waals surface area contributed by atoms with E-state index < -0.39 is 6.29 Å². The van der Waals surface area contributed by atoms with E-state index in [0.29, 0.717) is 28.8 Å². The fourth-order valence-corrected chi connectivity index (χ4v) is 1.82. The van der Waals surface area contributed by atoms with Gasteiger partial charge in [0.1, 0.15) is 0 Å². The van der Waals surface area contributed by atoms with Gasteiger partial charge in [-0.3, -0.25) is 4.79 Å². The summed E-state index contributed by atoms with van der Waals surface area (Å²) in [4.78, 5) is 12.1. The first-order valence-electron chi connectivity index (χ1n) is 5.32. The fraction of sp³-hybridized carbons (Fsp3) is 0.417. The lowest BCUT2D eigenvalue weighted by atomic mass is 10.1. The summed E-state index contributed by atoms with van der Waals surface area (Å²) >= 11 is 11.7. The van der Waals surface area contributed by atoms with Crippen LogP contribution in [0.25, 0.3) is 0 Å². The predicted molar refractivity (Wildman–Crippen MR) is 67.8 cm³/mol. The Hall–Kier alpha value is -0.610. The molecule has 17 heavy (non-hydrogen) atoms. The van der Waals surface area contributed by atoms with Gasteiger partial charge in [-0.1, -0.05) is 23.2 Å². The van der Waals surface area contributed by atoms with Crippen molar-refractivity contribution in [3.63, 3.8) is 0 Å². The van der Waals surface area contributed by atoms with Gasteiger partial charge >= 0.3 is 0 Å². The number of ether oxygens (including phenoxy) is 2. The monoisotopic (exact) mass is 276 g/mol. The van der Waals surface area contributed by atoms with E-state index >= 15 is 0 Å². The summed E-state index contributed by atoms with van der Waals surface area (Å²) in [5.74, 6) is -0.296. The number of hydrogen-bond donors (Lipinski definition) is 0. The molecule has 0 spiro atoms. The number of hydrogen-bond acceptors (Lipinski definition) is 3. The molecule has 0 saturated heterocycles. The number of Topliss-reactive ketones (excluding diaryl/α,β-unsaturated/α-hetero) is 1. The molecule has 0 saturated carbocycles. The van der Waals surface area contributed by atoms with Crippen molar-refractivity contribution in [3.8, 4) is 0 Å². The van der Waals surface area contributed by atoms with Crippen molar-refractivity contribution in [1.29, 1.82) is 0 Å². The topological polar surface area (TPSA) is 35.5 Å². The number of carbonyl (C=O) groups excluding carboxylic acids is 1. The van der Waals surface area contributed by atoms with E-state index in [1.165, 1.54) is 6.07 Å². The number of rotatable bonds is 6. The Morgan fingerprint density at radius 3 is 2.29 bits per heavy atom. The molecule has 0 fully saturated rings. The number of benzene rings is 1. The normalized spacial score (nSPS) is 10.9. The van der Waals surface area contributed by atoms with Gasteiger partial charge in [-0.15, -0.1) is 0 Å². The van der Waals surface area contributed by atoms with Gasteiger partial charge in [0.15, 0.2) is 0 Å². The third-order valence-electron chi connectivity index (χ3n) is 2.05. The molecule has 0 amide bonds. The van der Waals surface area contributed by atoms with Crippen molar-refractivity contribution in [2.75, 3.05) is 13.2 Å². The van der Waals surface area contributed by atoms with Gasteiger partial charge in [-0.2, -0.15) is 0 Å². The molecule has 1 rings (SSSR count). The van der Waals surface area contributed by atoms with Gasteiger partial charge in [0.2, 0.25) is 12.1 Å². The Labute approximate surface area is 111 Å². The van der Waals surface area contributed by atoms with Gasteiger partial charge in [0.05, 0.1) is 5.02 Å². The van der Waals surface area contributed by atoms with Crippen LogP contribution >= 0.6 is 23.2 Å². The summed E-state index contributed by atoms with van der Waals surface area (Å²) in [6.07, 6.45) is -0.913. The average Bonchev–Trinajstić information content (AvgIpc) is 2.28. The minimum atomic E-state index is -0.913. The molecule has 0 aromatic heterocycles. The Kier molecular flexibility index (Phi) is 5.92. The molecule has 0 N–H and O–H groups in total. The molecule has 3 nitrogen and oxygen atoms in total. The lowest BCUT2D eigenvalue weighted by Gasteiger charge is -2.16. The van der Waals surface area contributed by atoms with Crippen molar-refractivity contribution in [2.45, 2.75) is 20.1 Å². The molecule has 0 atom stereocenters. The lowest BCUT2D eigenvalue weighted by Crippen LogP contribution is -2.28. The number of carbonyl (C=O) groups is 1. The van der Waals surface area contributed by atoms with Crippen LogP contribution in [0.1, 0.15) is 24.2 Å². The second kappa shape index (κ2) is 6.97. The predicted octanol–water partition coefficient (Wildman–Crippen LogP) is 3.58. The first-order valence-corrected chi connectivity index (χ1v) is 6.08. The second-order valence-electron chi connectivity index (χ2n) is 3.23. The van der Waals surface area contributed by atoms with E-state index in [9.17, 15) is 4.79 Å². The first kappa shape index (κ1) is 14.5. The second-order valence-corrected chi connectivity index (χ2v) is 4.07. The smallest absolute Gasteiger partial charge is 0.222 e. The summed E-state index contributed by atoms with van der Waals surface area (Å²) in [5.41, 5.74) is 0.350. The van der Waals surface area contributed by atoms with Crippen LogP contribution in [0.4, 0.5) is 0 Å². The molecule has 1 aromatic rings. The molecular weight excluding hydrogens is 263 g/mol. The van der Waals surface area contributed by atoms with Gasteiger partial charge in [-0.25, -0.2) is 0 Å². The molecule has 0 aliphatic heterocycles. The summed E-state index contributed by atoms with van der Waals surface area (Å²) < 4.78 is 10.4. The molecule has 0 aliphatic carbocycles. The van der Waals surface area contributed by atoms with Gasteiger partial charge in [0, 0.05) is 23.8 Å². The highest BCUT2D eigenvalue weighted by atomic mass is 35.5. The largest absolute Gasteiger partial charge is 0.346 e. The summed E-state index contributed by atoms with van der Waals surface area (Å²) in [7, 11) is 0. The highest BCUT2D eigenvalue weighted by Crippen LogP contribution is 2.23. The third kappa shape index (κ3) is 3.96. The van der Waals surface area contributed by atoms with E-state index in [0.717, 1.165) is 0 Å². The number of halogens is 2. The van der Waals surface area contributed by atoms with Crippen molar-refractivity contribution >= 4 is 29.0 Å². The van der Waals surface area contributed by atoms with E-state index in [1.54, 1.807) is 26.0 Å². The van der Waals surface area contributed by atoms with Crippen molar-refractivity contribution in [3.05, 3.63) is 33.8 Å². The summed E-state index contributed by atoms with van der Waals surface area (Å²) in [5, 5.41) is 0.780. The van der Waals surface area contributed by atoms with Gasteiger partial charge in [-0.05, 0) is 32.0 Å². The quantitative estimate of drug-likeness (QED) is 0.589. The van der Waals surface area contributed by atoms with Crippen LogP contribution in [0.15, 0.2) is 18.2 Å². The zero-order chi connectivity index (χ0) is 12.8. The lowest BCUT2D eigenvalue weighted by molar-refractivity contribution is -0.107. The Bertz CT molecular complexity index is 387. The van der Waals surface area contributed by atoms with Crippen molar-refractivity contribution < 1.29 is 14.3 Å². The Balaban J connectivity index is 2.92. The molecule has 0 heterocycles. The van der Waals surface area contributed by atoms with Crippen LogP contribution in [0.3, 0.4) is 0 Å². The highest BCUT2D eigenvalue weighted by molar-refractivity contribution is 6.36. The molecule has 5 heteroatoms. The van der Waals surface area contributed by atoms with E-state index in [1.807, 2.05) is 0 Å². The maximum Gasteiger partial charge on any atom is 0.222 e. The summed E-state index contributed by atoms with van der Waals surface area (Å²) in [6.45, 7) is 4.37. The fourth-order valence-electron chi connectivity index (χ4n) is 1.32. The van der Waals surface area contributed by atoms with E-state index in [-0.39, 0.29) is 5.78 Å².